The van der Waals surface area contributed by atoms with Crippen LogP contribution in [0, 0.1) is 0 Å². The SMILES string of the molecule is CSc1nc([C@@H](C)C[C@H](N[S+]([O-])C(C)(C)C)c2ccc(Cl)cc2)cc(=O)[nH]1. The molecule has 148 valence electrons. The van der Waals surface area contributed by atoms with Crippen molar-refractivity contribution >= 4 is 34.7 Å². The second-order valence-corrected chi connectivity index (χ2v) is 10.6. The van der Waals surface area contributed by atoms with Crippen LogP contribution in [0.4, 0.5) is 0 Å². The molecule has 1 aromatic heterocycles. The Kier molecular flexibility index (Phi) is 7.83. The van der Waals surface area contributed by atoms with E-state index in [1.165, 1.54) is 17.8 Å². The Morgan fingerprint density at radius 3 is 2.52 bits per heavy atom. The van der Waals surface area contributed by atoms with Crippen LogP contribution < -0.4 is 10.3 Å². The topological polar surface area (TPSA) is 80.8 Å². The van der Waals surface area contributed by atoms with E-state index < -0.39 is 11.4 Å². The molecule has 2 rings (SSSR count). The van der Waals surface area contributed by atoms with Gasteiger partial charge in [-0.15, -0.1) is 4.72 Å². The molecule has 0 radical (unpaired) electrons. The number of hydrogen-bond donors (Lipinski definition) is 2. The Labute approximate surface area is 173 Å². The fourth-order valence-corrected chi connectivity index (χ4v) is 3.90. The Balaban J connectivity index is 2.29. The lowest BCUT2D eigenvalue weighted by Gasteiger charge is -2.29. The van der Waals surface area contributed by atoms with Crippen LogP contribution in [0.2, 0.25) is 5.02 Å². The van der Waals surface area contributed by atoms with Crippen molar-refractivity contribution in [3.8, 4) is 0 Å². The van der Waals surface area contributed by atoms with Crippen LogP contribution in [-0.4, -0.2) is 25.5 Å². The van der Waals surface area contributed by atoms with Crippen molar-refractivity contribution in [1.82, 2.24) is 14.7 Å². The fraction of sp³-hybridized carbons (Fsp3) is 0.474. The van der Waals surface area contributed by atoms with Gasteiger partial charge in [0.15, 0.2) is 5.16 Å². The van der Waals surface area contributed by atoms with Crippen molar-refractivity contribution in [2.45, 2.75) is 56.0 Å². The number of hydrogen-bond acceptors (Lipinski definition) is 5. The maximum absolute atomic E-state index is 12.7. The van der Waals surface area contributed by atoms with Crippen LogP contribution in [0.15, 0.2) is 40.3 Å². The van der Waals surface area contributed by atoms with Gasteiger partial charge in [0.25, 0.3) is 5.56 Å². The molecule has 0 saturated carbocycles. The summed E-state index contributed by atoms with van der Waals surface area (Å²) in [5.41, 5.74) is 1.56. The third-order valence-corrected chi connectivity index (χ3v) is 6.55. The lowest BCUT2D eigenvalue weighted by atomic mass is 9.94. The van der Waals surface area contributed by atoms with Crippen LogP contribution >= 0.6 is 23.4 Å². The molecular weight excluding hydrogens is 402 g/mol. The quantitative estimate of drug-likeness (QED) is 0.388. The zero-order chi connectivity index (χ0) is 20.2. The van der Waals surface area contributed by atoms with E-state index >= 15 is 0 Å². The van der Waals surface area contributed by atoms with E-state index in [2.05, 4.69) is 14.7 Å². The summed E-state index contributed by atoms with van der Waals surface area (Å²) in [7, 11) is 0. The van der Waals surface area contributed by atoms with E-state index in [0.717, 1.165) is 11.3 Å². The van der Waals surface area contributed by atoms with Crippen molar-refractivity contribution in [2.75, 3.05) is 6.26 Å². The van der Waals surface area contributed by atoms with Crippen LogP contribution in [0.25, 0.3) is 0 Å². The molecule has 0 fully saturated rings. The van der Waals surface area contributed by atoms with Gasteiger partial charge in [0.05, 0.1) is 11.7 Å². The molecule has 1 aromatic carbocycles. The molecule has 0 saturated heterocycles. The van der Waals surface area contributed by atoms with Gasteiger partial charge < -0.3 is 9.54 Å². The van der Waals surface area contributed by atoms with Crippen LogP contribution in [0.3, 0.4) is 0 Å². The molecule has 1 unspecified atom stereocenters. The minimum absolute atomic E-state index is 0.00310. The Morgan fingerprint density at radius 1 is 1.33 bits per heavy atom. The Bertz CT molecular complexity index is 806. The van der Waals surface area contributed by atoms with Crippen LogP contribution in [0.5, 0.6) is 0 Å². The third kappa shape index (κ3) is 6.54. The summed E-state index contributed by atoms with van der Waals surface area (Å²) in [5.74, 6) is 0.00310. The fourth-order valence-electron chi connectivity index (χ4n) is 2.53. The number of aromatic nitrogens is 2. The minimum atomic E-state index is -1.23. The van der Waals surface area contributed by atoms with Gasteiger partial charge in [-0.1, -0.05) is 42.4 Å². The number of nitrogens with zero attached hydrogens (tertiary/aromatic N) is 1. The van der Waals surface area contributed by atoms with Crippen LogP contribution in [0.1, 0.15) is 57.3 Å². The summed E-state index contributed by atoms with van der Waals surface area (Å²) >= 11 is 6.18. The van der Waals surface area contributed by atoms with Gasteiger partial charge in [0.2, 0.25) is 0 Å². The van der Waals surface area contributed by atoms with E-state index in [-0.39, 0.29) is 22.3 Å². The highest BCUT2D eigenvalue weighted by Gasteiger charge is 2.31. The average molecular weight is 428 g/mol. The first-order valence-electron chi connectivity index (χ1n) is 8.69. The highest BCUT2D eigenvalue weighted by molar-refractivity contribution is 7.98. The first kappa shape index (κ1) is 22.3. The first-order valence-corrected chi connectivity index (χ1v) is 11.4. The summed E-state index contributed by atoms with van der Waals surface area (Å²) in [4.78, 5) is 19.1. The van der Waals surface area contributed by atoms with Crippen molar-refractivity contribution in [3.05, 3.63) is 57.0 Å². The van der Waals surface area contributed by atoms with Gasteiger partial charge in [-0.05, 0) is 51.1 Å². The zero-order valence-corrected chi connectivity index (χ0v) is 18.6. The summed E-state index contributed by atoms with van der Waals surface area (Å²) in [5, 5.41) is 1.25. The summed E-state index contributed by atoms with van der Waals surface area (Å²) < 4.78 is 15.5. The van der Waals surface area contributed by atoms with Gasteiger partial charge in [0, 0.05) is 28.4 Å². The zero-order valence-electron chi connectivity index (χ0n) is 16.2. The Morgan fingerprint density at radius 2 is 1.96 bits per heavy atom. The van der Waals surface area contributed by atoms with Crippen molar-refractivity contribution in [2.24, 2.45) is 0 Å². The molecular formula is C19H26ClN3O2S2. The van der Waals surface area contributed by atoms with E-state index in [4.69, 9.17) is 11.6 Å². The summed E-state index contributed by atoms with van der Waals surface area (Å²) in [6.45, 7) is 7.82. The van der Waals surface area contributed by atoms with Crippen molar-refractivity contribution in [3.63, 3.8) is 0 Å². The standard InChI is InChI=1S/C19H26ClN3O2S2/c1-12(15-11-17(24)22-18(21-15)26-5)10-16(23-27(25)19(2,3)4)13-6-8-14(20)9-7-13/h6-9,11-12,16,23H,10H2,1-5H3,(H,21,22,24)/t12-,16-,27?/m0/s1. The molecule has 0 bridgehead atoms. The molecule has 8 heteroatoms. The van der Waals surface area contributed by atoms with Gasteiger partial charge in [-0.25, -0.2) is 4.98 Å². The number of aromatic amines is 1. The highest BCUT2D eigenvalue weighted by atomic mass is 35.5. The van der Waals surface area contributed by atoms with Gasteiger partial charge in [-0.2, -0.15) is 0 Å². The molecule has 0 aliphatic heterocycles. The molecule has 1 heterocycles. The number of H-pyrrole nitrogens is 1. The van der Waals surface area contributed by atoms with E-state index in [0.29, 0.717) is 16.6 Å². The Hall–Kier alpha value is -0.990. The highest BCUT2D eigenvalue weighted by Crippen LogP contribution is 2.30. The van der Waals surface area contributed by atoms with Gasteiger partial charge in [0.1, 0.15) is 4.75 Å². The predicted molar refractivity (Wildman–Crippen MR) is 115 cm³/mol. The number of thioether (sulfide) groups is 1. The molecule has 2 N–H and O–H groups in total. The molecule has 0 aliphatic rings. The van der Waals surface area contributed by atoms with Crippen LogP contribution in [-0.2, 0) is 11.4 Å². The smallest absolute Gasteiger partial charge is 0.251 e. The molecule has 2 aromatic rings. The average Bonchev–Trinajstić information content (AvgIpc) is 2.60. The summed E-state index contributed by atoms with van der Waals surface area (Å²) in [6.07, 6.45) is 2.52. The molecule has 27 heavy (non-hydrogen) atoms. The van der Waals surface area contributed by atoms with Gasteiger partial charge in [-0.3, -0.25) is 4.79 Å². The van der Waals surface area contributed by atoms with E-state index in [1.807, 2.05) is 58.2 Å². The molecule has 5 nitrogen and oxygen atoms in total. The normalized spacial score (nSPS) is 15.4. The summed E-state index contributed by atoms with van der Waals surface area (Å²) in [6, 6.07) is 8.90. The lowest BCUT2D eigenvalue weighted by Crippen LogP contribution is -2.41. The second-order valence-electron chi connectivity index (χ2n) is 7.42. The van der Waals surface area contributed by atoms with Crippen molar-refractivity contribution in [1.29, 1.82) is 0 Å². The number of halogens is 1. The lowest BCUT2D eigenvalue weighted by molar-refractivity contribution is 0.487. The molecule has 0 aliphatic carbocycles. The predicted octanol–water partition coefficient (Wildman–Crippen LogP) is 4.43. The number of nitrogens with one attached hydrogen (secondary N) is 2. The minimum Gasteiger partial charge on any atom is -0.598 e. The monoisotopic (exact) mass is 427 g/mol. The van der Waals surface area contributed by atoms with E-state index in [1.54, 1.807) is 0 Å². The largest absolute Gasteiger partial charge is 0.598 e. The number of rotatable bonds is 7. The first-order chi connectivity index (χ1) is 12.6. The molecule has 0 amide bonds. The van der Waals surface area contributed by atoms with E-state index in [9.17, 15) is 9.35 Å². The van der Waals surface area contributed by atoms with Gasteiger partial charge >= 0.3 is 0 Å². The molecule has 0 spiro atoms. The van der Waals surface area contributed by atoms with Crippen molar-refractivity contribution < 1.29 is 4.55 Å². The second kappa shape index (κ2) is 9.47. The molecule has 3 atom stereocenters. The maximum Gasteiger partial charge on any atom is 0.251 e. The third-order valence-electron chi connectivity index (χ3n) is 4.11. The maximum atomic E-state index is 12.7. The number of benzene rings is 1.